The van der Waals surface area contributed by atoms with Crippen molar-refractivity contribution in [2.24, 2.45) is 4.99 Å². The summed E-state index contributed by atoms with van der Waals surface area (Å²) >= 11 is 0. The Labute approximate surface area is 139 Å². The second kappa shape index (κ2) is 7.16. The number of nitrogens with one attached hydrogen (secondary N) is 2. The summed E-state index contributed by atoms with van der Waals surface area (Å²) in [5, 5.41) is 8.27. The van der Waals surface area contributed by atoms with Crippen molar-refractivity contribution in [2.75, 3.05) is 20.6 Å². The Kier molecular flexibility index (Phi) is 4.79. The van der Waals surface area contributed by atoms with Crippen molar-refractivity contribution in [1.29, 1.82) is 0 Å². The van der Waals surface area contributed by atoms with E-state index in [0.29, 0.717) is 6.54 Å². The first-order valence-electron chi connectivity index (χ1n) is 7.74. The molecule has 2 N–H and O–H groups in total. The van der Waals surface area contributed by atoms with Crippen LogP contribution in [0.4, 0.5) is 4.39 Å². The first-order chi connectivity index (χ1) is 11.7. The van der Waals surface area contributed by atoms with Gasteiger partial charge >= 0.3 is 0 Å². The molecule has 126 valence electrons. The largest absolute Gasteiger partial charge is 0.364 e. The molecule has 0 aliphatic carbocycles. The standard InChI is InChI=1S/C17H20FN5O/c1-19-17(23(2)11-14-6-8-24-22-14)20-7-5-12-10-21-16-9-13(18)3-4-15(12)16/h3-4,6,8-10,21H,5,7,11H2,1-2H3,(H,19,20). The molecule has 3 rings (SSSR count). The Morgan fingerprint density at radius 3 is 3.04 bits per heavy atom. The summed E-state index contributed by atoms with van der Waals surface area (Å²) in [5.41, 5.74) is 2.81. The van der Waals surface area contributed by atoms with Crippen LogP contribution in [0.5, 0.6) is 0 Å². The fourth-order valence-corrected chi connectivity index (χ4v) is 2.70. The van der Waals surface area contributed by atoms with Crippen molar-refractivity contribution in [1.82, 2.24) is 20.4 Å². The number of nitrogens with zero attached hydrogens (tertiary/aromatic N) is 3. The Balaban J connectivity index is 1.57. The molecule has 2 heterocycles. The highest BCUT2D eigenvalue weighted by Crippen LogP contribution is 2.19. The zero-order valence-corrected chi connectivity index (χ0v) is 13.7. The van der Waals surface area contributed by atoms with Crippen LogP contribution in [0.25, 0.3) is 10.9 Å². The smallest absolute Gasteiger partial charge is 0.193 e. The number of guanidine groups is 1. The third-order valence-corrected chi connectivity index (χ3v) is 3.87. The second-order valence-corrected chi connectivity index (χ2v) is 5.57. The molecule has 0 spiro atoms. The van der Waals surface area contributed by atoms with Crippen molar-refractivity contribution in [3.8, 4) is 0 Å². The third kappa shape index (κ3) is 3.56. The maximum Gasteiger partial charge on any atom is 0.193 e. The SMILES string of the molecule is CN=C(NCCc1c[nH]c2cc(F)ccc12)N(C)Cc1ccon1. The van der Waals surface area contributed by atoms with Crippen LogP contribution in [0.15, 0.2) is 46.2 Å². The molecule has 0 fully saturated rings. The lowest BCUT2D eigenvalue weighted by Crippen LogP contribution is -2.39. The molecule has 2 aromatic heterocycles. The first-order valence-corrected chi connectivity index (χ1v) is 7.74. The van der Waals surface area contributed by atoms with Gasteiger partial charge in [0, 0.05) is 43.8 Å². The predicted molar refractivity (Wildman–Crippen MR) is 91.3 cm³/mol. The van der Waals surface area contributed by atoms with Gasteiger partial charge in [-0.3, -0.25) is 4.99 Å². The van der Waals surface area contributed by atoms with E-state index in [9.17, 15) is 4.39 Å². The molecule has 0 atom stereocenters. The highest BCUT2D eigenvalue weighted by atomic mass is 19.1. The Morgan fingerprint density at radius 2 is 2.29 bits per heavy atom. The molecule has 7 heteroatoms. The summed E-state index contributed by atoms with van der Waals surface area (Å²) in [5.74, 6) is 0.549. The highest BCUT2D eigenvalue weighted by molar-refractivity contribution is 5.83. The monoisotopic (exact) mass is 329 g/mol. The molecule has 0 aliphatic rings. The molecule has 3 aromatic rings. The van der Waals surface area contributed by atoms with Crippen LogP contribution < -0.4 is 5.32 Å². The van der Waals surface area contributed by atoms with Crippen LogP contribution in [-0.2, 0) is 13.0 Å². The van der Waals surface area contributed by atoms with E-state index in [1.165, 1.54) is 12.1 Å². The van der Waals surface area contributed by atoms with Gasteiger partial charge in [-0.25, -0.2) is 4.39 Å². The molecule has 24 heavy (non-hydrogen) atoms. The van der Waals surface area contributed by atoms with Gasteiger partial charge in [-0.15, -0.1) is 0 Å². The summed E-state index contributed by atoms with van der Waals surface area (Å²) < 4.78 is 18.1. The Bertz CT molecular complexity index is 825. The number of aromatic nitrogens is 2. The molecule has 0 saturated carbocycles. The fourth-order valence-electron chi connectivity index (χ4n) is 2.70. The molecule has 6 nitrogen and oxygen atoms in total. The molecule has 0 unspecified atom stereocenters. The van der Waals surface area contributed by atoms with Gasteiger partial charge in [-0.2, -0.15) is 0 Å². The highest BCUT2D eigenvalue weighted by Gasteiger charge is 2.09. The number of aliphatic imine (C=N–C) groups is 1. The van der Waals surface area contributed by atoms with Crippen LogP contribution in [-0.4, -0.2) is 41.6 Å². The van der Waals surface area contributed by atoms with Crippen molar-refractivity contribution >= 4 is 16.9 Å². The van der Waals surface area contributed by atoms with Gasteiger partial charge in [0.05, 0.1) is 6.54 Å². The number of benzene rings is 1. The first kappa shape index (κ1) is 16.0. The summed E-state index contributed by atoms with van der Waals surface area (Å²) in [7, 11) is 3.69. The normalized spacial score (nSPS) is 11.9. The average Bonchev–Trinajstić information content (AvgIpc) is 3.21. The van der Waals surface area contributed by atoms with Gasteiger partial charge < -0.3 is 19.7 Å². The molecule has 0 amide bonds. The molecule has 1 aromatic carbocycles. The number of hydrogen-bond donors (Lipinski definition) is 2. The zero-order valence-electron chi connectivity index (χ0n) is 13.7. The number of aromatic amines is 1. The molecule has 0 radical (unpaired) electrons. The maximum atomic E-state index is 13.2. The summed E-state index contributed by atoms with van der Waals surface area (Å²) in [6, 6.07) is 6.63. The maximum absolute atomic E-state index is 13.2. The molecule has 0 saturated heterocycles. The molecular formula is C17H20FN5O. The van der Waals surface area contributed by atoms with Crippen LogP contribution in [0, 0.1) is 5.82 Å². The van der Waals surface area contributed by atoms with Gasteiger partial charge in [-0.1, -0.05) is 5.16 Å². The minimum absolute atomic E-state index is 0.232. The van der Waals surface area contributed by atoms with E-state index in [4.69, 9.17) is 4.52 Å². The van der Waals surface area contributed by atoms with Crippen LogP contribution in [0.2, 0.25) is 0 Å². The van der Waals surface area contributed by atoms with E-state index in [-0.39, 0.29) is 5.82 Å². The second-order valence-electron chi connectivity index (χ2n) is 5.57. The van der Waals surface area contributed by atoms with E-state index in [0.717, 1.165) is 41.1 Å². The van der Waals surface area contributed by atoms with E-state index in [2.05, 4.69) is 20.4 Å². The van der Waals surface area contributed by atoms with E-state index < -0.39 is 0 Å². The number of halogens is 1. The van der Waals surface area contributed by atoms with Crippen molar-refractivity contribution in [2.45, 2.75) is 13.0 Å². The molecule has 0 aliphatic heterocycles. The van der Waals surface area contributed by atoms with Gasteiger partial charge in [0.2, 0.25) is 0 Å². The molecular weight excluding hydrogens is 309 g/mol. The predicted octanol–water partition coefficient (Wildman–Crippen LogP) is 2.54. The summed E-state index contributed by atoms with van der Waals surface area (Å²) in [6.07, 6.45) is 4.29. The average molecular weight is 329 g/mol. The van der Waals surface area contributed by atoms with E-state index in [1.807, 2.05) is 30.3 Å². The summed E-state index contributed by atoms with van der Waals surface area (Å²) in [4.78, 5) is 9.36. The van der Waals surface area contributed by atoms with Crippen LogP contribution in [0.1, 0.15) is 11.3 Å². The fraction of sp³-hybridized carbons (Fsp3) is 0.294. The third-order valence-electron chi connectivity index (χ3n) is 3.87. The quantitative estimate of drug-likeness (QED) is 0.557. The minimum atomic E-state index is -0.232. The minimum Gasteiger partial charge on any atom is -0.364 e. The van der Waals surface area contributed by atoms with Gasteiger partial charge in [-0.05, 0) is 30.2 Å². The lowest BCUT2D eigenvalue weighted by atomic mass is 10.1. The topological polar surface area (TPSA) is 69.5 Å². The lowest BCUT2D eigenvalue weighted by Gasteiger charge is -2.20. The Morgan fingerprint density at radius 1 is 1.42 bits per heavy atom. The van der Waals surface area contributed by atoms with Gasteiger partial charge in [0.1, 0.15) is 17.8 Å². The summed E-state index contributed by atoms with van der Waals surface area (Å²) in [6.45, 7) is 1.34. The van der Waals surface area contributed by atoms with Crippen molar-refractivity contribution < 1.29 is 8.91 Å². The number of hydrogen-bond acceptors (Lipinski definition) is 3. The van der Waals surface area contributed by atoms with Crippen LogP contribution >= 0.6 is 0 Å². The number of fused-ring (bicyclic) bond motifs is 1. The van der Waals surface area contributed by atoms with Crippen molar-refractivity contribution in [3.05, 3.63) is 53.8 Å². The van der Waals surface area contributed by atoms with Crippen LogP contribution in [0.3, 0.4) is 0 Å². The lowest BCUT2D eigenvalue weighted by molar-refractivity contribution is 0.391. The van der Waals surface area contributed by atoms with Gasteiger partial charge in [0.15, 0.2) is 5.96 Å². The zero-order chi connectivity index (χ0) is 16.9. The van der Waals surface area contributed by atoms with Gasteiger partial charge in [0.25, 0.3) is 0 Å². The van der Waals surface area contributed by atoms with Crippen molar-refractivity contribution in [3.63, 3.8) is 0 Å². The van der Waals surface area contributed by atoms with E-state index >= 15 is 0 Å². The van der Waals surface area contributed by atoms with E-state index in [1.54, 1.807) is 13.3 Å². The number of H-pyrrole nitrogens is 1. The number of rotatable bonds is 5. The molecule has 0 bridgehead atoms. The Hall–Kier alpha value is -2.83.